The molecule has 0 heterocycles. The van der Waals surface area contributed by atoms with Crippen LogP contribution in [0.3, 0.4) is 0 Å². The Balaban J connectivity index is 3.68. The lowest BCUT2D eigenvalue weighted by atomic mass is 10.2. The fourth-order valence-electron chi connectivity index (χ4n) is 1.09. The molecule has 5 nitrogen and oxygen atoms in total. The first-order valence-corrected chi connectivity index (χ1v) is 5.04. The van der Waals surface area contributed by atoms with Crippen molar-refractivity contribution in [3.63, 3.8) is 0 Å². The van der Waals surface area contributed by atoms with Crippen molar-refractivity contribution < 1.29 is 27.9 Å². The Morgan fingerprint density at radius 3 is 2.35 bits per heavy atom. The highest BCUT2D eigenvalue weighted by molar-refractivity contribution is 5.81. The maximum atomic E-state index is 11.9. The van der Waals surface area contributed by atoms with E-state index in [2.05, 4.69) is 5.32 Å². The van der Waals surface area contributed by atoms with E-state index in [-0.39, 0.29) is 13.0 Å². The van der Waals surface area contributed by atoms with Gasteiger partial charge in [0.1, 0.15) is 0 Å². The zero-order valence-corrected chi connectivity index (χ0v) is 9.09. The lowest BCUT2D eigenvalue weighted by molar-refractivity contribution is -0.147. The van der Waals surface area contributed by atoms with Crippen molar-refractivity contribution in [2.75, 3.05) is 6.54 Å². The Hall–Kier alpha value is -1.31. The van der Waals surface area contributed by atoms with Gasteiger partial charge in [-0.05, 0) is 12.8 Å². The molecule has 0 fully saturated rings. The highest BCUT2D eigenvalue weighted by Crippen LogP contribution is 2.20. The van der Waals surface area contributed by atoms with Crippen molar-refractivity contribution in [2.24, 2.45) is 5.73 Å². The third kappa shape index (κ3) is 9.61. The molecule has 0 aromatic carbocycles. The summed E-state index contributed by atoms with van der Waals surface area (Å²) >= 11 is 0. The number of aliphatic carboxylic acids is 1. The van der Waals surface area contributed by atoms with Crippen LogP contribution in [0, 0.1) is 0 Å². The van der Waals surface area contributed by atoms with Gasteiger partial charge in [-0.1, -0.05) is 0 Å². The first kappa shape index (κ1) is 15.7. The molecule has 100 valence electrons. The highest BCUT2D eigenvalue weighted by Gasteiger charge is 2.33. The van der Waals surface area contributed by atoms with Gasteiger partial charge in [-0.25, -0.2) is 0 Å². The van der Waals surface area contributed by atoms with Crippen LogP contribution in [0.1, 0.15) is 25.7 Å². The topological polar surface area (TPSA) is 92.4 Å². The lowest BCUT2D eigenvalue weighted by Crippen LogP contribution is -2.43. The fourth-order valence-corrected chi connectivity index (χ4v) is 1.09. The molecule has 17 heavy (non-hydrogen) atoms. The zero-order chi connectivity index (χ0) is 13.5. The molecular weight excluding hydrogens is 241 g/mol. The van der Waals surface area contributed by atoms with Gasteiger partial charge >= 0.3 is 12.1 Å². The van der Waals surface area contributed by atoms with Crippen molar-refractivity contribution in [1.29, 1.82) is 0 Å². The molecule has 4 N–H and O–H groups in total. The van der Waals surface area contributed by atoms with Crippen molar-refractivity contribution in [1.82, 2.24) is 5.32 Å². The largest absolute Gasteiger partial charge is 0.481 e. The van der Waals surface area contributed by atoms with Crippen LogP contribution in [0.15, 0.2) is 0 Å². The number of carboxylic acid groups (broad SMARTS) is 1. The van der Waals surface area contributed by atoms with Crippen molar-refractivity contribution in [3.05, 3.63) is 0 Å². The summed E-state index contributed by atoms with van der Waals surface area (Å²) in [4.78, 5) is 21.2. The molecule has 0 bridgehead atoms. The van der Waals surface area contributed by atoms with Gasteiger partial charge in [-0.3, -0.25) is 9.59 Å². The Labute approximate surface area is 96.2 Å². The van der Waals surface area contributed by atoms with Gasteiger partial charge in [0.05, 0.1) is 12.5 Å². The Kier molecular flexibility index (Phi) is 6.55. The Bertz CT molecular complexity index is 269. The van der Waals surface area contributed by atoms with E-state index in [9.17, 15) is 22.8 Å². The number of nitrogens with two attached hydrogens (primary N) is 1. The highest BCUT2D eigenvalue weighted by atomic mass is 19.4. The molecule has 1 atom stereocenters. The minimum atomic E-state index is -4.47. The van der Waals surface area contributed by atoms with Crippen LogP contribution >= 0.6 is 0 Å². The van der Waals surface area contributed by atoms with Gasteiger partial charge in [0.25, 0.3) is 0 Å². The summed E-state index contributed by atoms with van der Waals surface area (Å²) in [5.41, 5.74) is 5.04. The third-order valence-corrected chi connectivity index (χ3v) is 1.90. The normalized spacial score (nSPS) is 13.2. The van der Waals surface area contributed by atoms with Gasteiger partial charge < -0.3 is 16.2 Å². The second-order valence-corrected chi connectivity index (χ2v) is 3.57. The summed E-state index contributed by atoms with van der Waals surface area (Å²) in [5.74, 6) is -1.83. The van der Waals surface area contributed by atoms with Crippen LogP contribution in [0.5, 0.6) is 0 Å². The summed E-state index contributed by atoms with van der Waals surface area (Å²) < 4.78 is 35.6. The van der Waals surface area contributed by atoms with Crippen LogP contribution in [-0.4, -0.2) is 35.7 Å². The molecule has 0 saturated heterocycles. The van der Waals surface area contributed by atoms with Gasteiger partial charge in [-0.2, -0.15) is 13.2 Å². The predicted octanol–water partition coefficient (Wildman–Crippen LogP) is 0.637. The van der Waals surface area contributed by atoms with Gasteiger partial charge in [0.15, 0.2) is 0 Å². The number of carbonyl (C=O) groups is 2. The Morgan fingerprint density at radius 1 is 1.29 bits per heavy atom. The standard InChI is InChI=1S/C9H15F3N2O3/c10-9(11,12)5-6(13)8(17)14-4-2-1-3-7(15)16/h6H,1-5,13H2,(H,14,17)(H,15,16). The fraction of sp³-hybridized carbons (Fsp3) is 0.778. The second kappa shape index (κ2) is 7.10. The number of carboxylic acids is 1. The number of hydrogen-bond acceptors (Lipinski definition) is 3. The minimum absolute atomic E-state index is 0.0372. The average molecular weight is 256 g/mol. The predicted molar refractivity (Wildman–Crippen MR) is 53.1 cm³/mol. The molecule has 1 unspecified atom stereocenters. The van der Waals surface area contributed by atoms with Crippen molar-refractivity contribution in [3.8, 4) is 0 Å². The maximum Gasteiger partial charge on any atom is 0.391 e. The summed E-state index contributed by atoms with van der Waals surface area (Å²) in [6, 6.07) is -1.62. The molecule has 0 aromatic rings. The van der Waals surface area contributed by atoms with Gasteiger partial charge in [0.2, 0.25) is 5.91 Å². The molecular formula is C9H15F3N2O3. The number of hydrogen-bond donors (Lipinski definition) is 3. The summed E-state index contributed by atoms with van der Waals surface area (Å²) in [5, 5.41) is 10.5. The van der Waals surface area contributed by atoms with E-state index in [4.69, 9.17) is 10.8 Å². The van der Waals surface area contributed by atoms with Gasteiger partial charge in [-0.15, -0.1) is 0 Å². The second-order valence-electron chi connectivity index (χ2n) is 3.57. The lowest BCUT2D eigenvalue weighted by Gasteiger charge is -2.13. The smallest absolute Gasteiger partial charge is 0.391 e. The molecule has 1 amide bonds. The number of alkyl halides is 3. The number of rotatable bonds is 7. The Morgan fingerprint density at radius 2 is 1.88 bits per heavy atom. The van der Waals surface area contributed by atoms with Gasteiger partial charge in [0, 0.05) is 13.0 Å². The van der Waals surface area contributed by atoms with E-state index in [1.807, 2.05) is 0 Å². The SMILES string of the molecule is NC(CC(F)(F)F)C(=O)NCCCCC(=O)O. The first-order chi connectivity index (χ1) is 7.72. The molecule has 0 radical (unpaired) electrons. The summed E-state index contributed by atoms with van der Waals surface area (Å²) in [6.07, 6.45) is -5.14. The van der Waals surface area contributed by atoms with Crippen molar-refractivity contribution >= 4 is 11.9 Å². The van der Waals surface area contributed by atoms with E-state index >= 15 is 0 Å². The molecule has 0 aliphatic carbocycles. The van der Waals surface area contributed by atoms with E-state index in [1.54, 1.807) is 0 Å². The monoisotopic (exact) mass is 256 g/mol. The molecule has 0 aliphatic heterocycles. The first-order valence-electron chi connectivity index (χ1n) is 5.04. The number of carbonyl (C=O) groups excluding carboxylic acids is 1. The van der Waals surface area contributed by atoms with Crippen LogP contribution in [0.4, 0.5) is 13.2 Å². The molecule has 0 saturated carbocycles. The van der Waals surface area contributed by atoms with Crippen LogP contribution < -0.4 is 11.1 Å². The van der Waals surface area contributed by atoms with Crippen LogP contribution in [0.25, 0.3) is 0 Å². The molecule has 0 aromatic heterocycles. The number of unbranched alkanes of at least 4 members (excludes halogenated alkanes) is 1. The number of nitrogens with one attached hydrogen (secondary N) is 1. The average Bonchev–Trinajstić information content (AvgIpc) is 2.13. The third-order valence-electron chi connectivity index (χ3n) is 1.90. The van der Waals surface area contributed by atoms with Crippen LogP contribution in [-0.2, 0) is 9.59 Å². The maximum absolute atomic E-state index is 11.9. The molecule has 0 rings (SSSR count). The molecule has 0 aliphatic rings. The van der Waals surface area contributed by atoms with E-state index in [0.717, 1.165) is 0 Å². The summed E-state index contributed by atoms with van der Waals surface area (Å²) in [7, 11) is 0. The van der Waals surface area contributed by atoms with E-state index in [0.29, 0.717) is 12.8 Å². The van der Waals surface area contributed by atoms with E-state index < -0.39 is 30.5 Å². The molecule has 8 heteroatoms. The zero-order valence-electron chi connectivity index (χ0n) is 9.09. The summed E-state index contributed by atoms with van der Waals surface area (Å²) in [6.45, 7) is 0.123. The van der Waals surface area contributed by atoms with Crippen LogP contribution in [0.2, 0.25) is 0 Å². The minimum Gasteiger partial charge on any atom is -0.481 e. The molecule has 0 spiro atoms. The van der Waals surface area contributed by atoms with E-state index in [1.165, 1.54) is 0 Å². The number of amides is 1. The number of halogens is 3. The quantitative estimate of drug-likeness (QED) is 0.583. The van der Waals surface area contributed by atoms with Crippen molar-refractivity contribution in [2.45, 2.75) is 37.9 Å².